The molecule has 0 aliphatic carbocycles. The third-order valence-corrected chi connectivity index (χ3v) is 3.83. The number of benzene rings is 2. The SMILES string of the molecule is NC(Cc1ccccc1)C(=O)CC(Cc1ccccc1)C(=O)O. The van der Waals surface area contributed by atoms with Crippen molar-refractivity contribution in [3.8, 4) is 0 Å². The molecular formula is C19H21NO3. The van der Waals surface area contributed by atoms with Crippen LogP contribution in [0.3, 0.4) is 0 Å². The second-order valence-electron chi connectivity index (χ2n) is 5.69. The van der Waals surface area contributed by atoms with Gasteiger partial charge < -0.3 is 10.8 Å². The Morgan fingerprint density at radius 1 is 0.870 bits per heavy atom. The number of carbonyl (C=O) groups excluding carboxylic acids is 1. The first-order chi connectivity index (χ1) is 11.1. The van der Waals surface area contributed by atoms with E-state index in [2.05, 4.69) is 0 Å². The fourth-order valence-electron chi connectivity index (χ4n) is 2.52. The van der Waals surface area contributed by atoms with Gasteiger partial charge in [0.05, 0.1) is 12.0 Å². The van der Waals surface area contributed by atoms with Crippen molar-refractivity contribution in [3.63, 3.8) is 0 Å². The molecule has 23 heavy (non-hydrogen) atoms. The van der Waals surface area contributed by atoms with E-state index in [1.54, 1.807) is 0 Å². The molecular weight excluding hydrogens is 290 g/mol. The summed E-state index contributed by atoms with van der Waals surface area (Å²) in [5, 5.41) is 9.36. The molecule has 0 spiro atoms. The summed E-state index contributed by atoms with van der Waals surface area (Å²) in [6, 6.07) is 18.2. The molecule has 3 N–H and O–H groups in total. The highest BCUT2D eigenvalue weighted by Gasteiger charge is 2.24. The number of Topliss-reactive ketones (excluding diaryl/α,β-unsaturated/α-hetero) is 1. The van der Waals surface area contributed by atoms with Crippen molar-refractivity contribution in [2.45, 2.75) is 25.3 Å². The molecule has 0 saturated carbocycles. The molecule has 0 fully saturated rings. The number of carboxylic acids is 1. The normalized spacial score (nSPS) is 13.3. The molecule has 120 valence electrons. The minimum Gasteiger partial charge on any atom is -0.481 e. The molecule has 2 atom stereocenters. The molecule has 0 radical (unpaired) electrons. The maximum absolute atomic E-state index is 12.3. The summed E-state index contributed by atoms with van der Waals surface area (Å²) in [6.07, 6.45) is 0.718. The van der Waals surface area contributed by atoms with Crippen LogP contribution in [-0.4, -0.2) is 22.9 Å². The first-order valence-electron chi connectivity index (χ1n) is 7.65. The second-order valence-corrected chi connectivity index (χ2v) is 5.69. The second kappa shape index (κ2) is 8.25. The van der Waals surface area contributed by atoms with Gasteiger partial charge >= 0.3 is 5.97 Å². The predicted molar refractivity (Wildman–Crippen MR) is 89.0 cm³/mol. The van der Waals surface area contributed by atoms with Gasteiger partial charge in [-0.1, -0.05) is 60.7 Å². The lowest BCUT2D eigenvalue weighted by Crippen LogP contribution is -2.35. The molecule has 0 aromatic heterocycles. The summed E-state index contributed by atoms with van der Waals surface area (Å²) in [4.78, 5) is 23.7. The smallest absolute Gasteiger partial charge is 0.307 e. The Kier molecular flexibility index (Phi) is 6.06. The van der Waals surface area contributed by atoms with Crippen LogP contribution in [0.1, 0.15) is 17.5 Å². The fraction of sp³-hybridized carbons (Fsp3) is 0.263. The van der Waals surface area contributed by atoms with Crippen LogP contribution in [0.5, 0.6) is 0 Å². The largest absolute Gasteiger partial charge is 0.481 e. The number of rotatable bonds is 8. The van der Waals surface area contributed by atoms with E-state index >= 15 is 0 Å². The summed E-state index contributed by atoms with van der Waals surface area (Å²) >= 11 is 0. The minimum absolute atomic E-state index is 0.0434. The van der Waals surface area contributed by atoms with Gasteiger partial charge in [-0.2, -0.15) is 0 Å². The highest BCUT2D eigenvalue weighted by Crippen LogP contribution is 2.15. The van der Waals surface area contributed by atoms with Crippen LogP contribution in [0.25, 0.3) is 0 Å². The van der Waals surface area contributed by atoms with Crippen molar-refractivity contribution in [3.05, 3.63) is 71.8 Å². The van der Waals surface area contributed by atoms with Gasteiger partial charge in [0.15, 0.2) is 5.78 Å². The monoisotopic (exact) mass is 311 g/mol. The Hall–Kier alpha value is -2.46. The highest BCUT2D eigenvalue weighted by atomic mass is 16.4. The van der Waals surface area contributed by atoms with Crippen LogP contribution in [0, 0.1) is 5.92 Å². The summed E-state index contributed by atoms with van der Waals surface area (Å²) < 4.78 is 0. The van der Waals surface area contributed by atoms with E-state index in [1.165, 1.54) is 0 Å². The maximum Gasteiger partial charge on any atom is 0.307 e. The number of carboxylic acid groups (broad SMARTS) is 1. The molecule has 2 rings (SSSR count). The van der Waals surface area contributed by atoms with Gasteiger partial charge in [-0.05, 0) is 24.0 Å². The Morgan fingerprint density at radius 3 is 1.83 bits per heavy atom. The number of aliphatic carboxylic acids is 1. The quantitative estimate of drug-likeness (QED) is 0.785. The molecule has 0 saturated heterocycles. The Morgan fingerprint density at radius 2 is 1.35 bits per heavy atom. The number of ketones is 1. The number of hydrogen-bond acceptors (Lipinski definition) is 3. The van der Waals surface area contributed by atoms with Gasteiger partial charge in [0.1, 0.15) is 0 Å². The summed E-state index contributed by atoms with van der Waals surface area (Å²) in [5.41, 5.74) is 7.83. The molecule has 0 heterocycles. The number of nitrogens with two attached hydrogens (primary N) is 1. The van der Waals surface area contributed by atoms with Crippen molar-refractivity contribution < 1.29 is 14.7 Å². The van der Waals surface area contributed by atoms with Gasteiger partial charge in [0.2, 0.25) is 0 Å². The van der Waals surface area contributed by atoms with Crippen LogP contribution in [0.2, 0.25) is 0 Å². The molecule has 0 aliphatic rings. The molecule has 0 amide bonds. The maximum atomic E-state index is 12.3. The van der Waals surface area contributed by atoms with E-state index in [9.17, 15) is 14.7 Å². The van der Waals surface area contributed by atoms with Gasteiger partial charge in [0.25, 0.3) is 0 Å². The lowest BCUT2D eigenvalue weighted by atomic mass is 9.91. The zero-order valence-corrected chi connectivity index (χ0v) is 12.9. The summed E-state index contributed by atoms with van der Waals surface area (Å²) in [5.74, 6) is -1.92. The lowest BCUT2D eigenvalue weighted by molar-refractivity contribution is -0.143. The van der Waals surface area contributed by atoms with Gasteiger partial charge in [-0.3, -0.25) is 9.59 Å². The first-order valence-corrected chi connectivity index (χ1v) is 7.65. The molecule has 2 aromatic rings. The third-order valence-electron chi connectivity index (χ3n) is 3.83. The zero-order chi connectivity index (χ0) is 16.7. The van der Waals surface area contributed by atoms with Crippen LogP contribution in [-0.2, 0) is 22.4 Å². The molecule has 4 nitrogen and oxygen atoms in total. The van der Waals surface area contributed by atoms with Crippen LogP contribution < -0.4 is 5.73 Å². The van der Waals surface area contributed by atoms with Crippen LogP contribution >= 0.6 is 0 Å². The van der Waals surface area contributed by atoms with Crippen LogP contribution in [0.4, 0.5) is 0 Å². The number of carbonyl (C=O) groups is 2. The molecule has 4 heteroatoms. The molecule has 2 unspecified atom stereocenters. The Balaban J connectivity index is 1.96. The molecule has 0 bridgehead atoms. The van der Waals surface area contributed by atoms with E-state index in [0.717, 1.165) is 11.1 Å². The van der Waals surface area contributed by atoms with Crippen molar-refractivity contribution in [1.29, 1.82) is 0 Å². The average Bonchev–Trinajstić information content (AvgIpc) is 2.56. The van der Waals surface area contributed by atoms with Crippen molar-refractivity contribution in [2.75, 3.05) is 0 Å². The first kappa shape index (κ1) is 16.9. The van der Waals surface area contributed by atoms with E-state index in [4.69, 9.17) is 5.73 Å². The summed E-state index contributed by atoms with van der Waals surface area (Å²) in [7, 11) is 0. The van der Waals surface area contributed by atoms with Crippen molar-refractivity contribution >= 4 is 11.8 Å². The van der Waals surface area contributed by atoms with Gasteiger partial charge in [-0.25, -0.2) is 0 Å². The molecule has 0 aliphatic heterocycles. The highest BCUT2D eigenvalue weighted by molar-refractivity contribution is 5.88. The zero-order valence-electron chi connectivity index (χ0n) is 12.9. The van der Waals surface area contributed by atoms with Gasteiger partial charge in [0, 0.05) is 6.42 Å². The predicted octanol–water partition coefficient (Wildman–Crippen LogP) is 2.46. The lowest BCUT2D eigenvalue weighted by Gasteiger charge is -2.15. The van der Waals surface area contributed by atoms with Gasteiger partial charge in [-0.15, -0.1) is 0 Å². The van der Waals surface area contributed by atoms with E-state index in [1.807, 2.05) is 60.7 Å². The Labute approximate surface area is 136 Å². The fourth-order valence-corrected chi connectivity index (χ4v) is 2.52. The van der Waals surface area contributed by atoms with E-state index < -0.39 is 17.9 Å². The Bertz CT molecular complexity index is 640. The average molecular weight is 311 g/mol. The topological polar surface area (TPSA) is 80.4 Å². The minimum atomic E-state index is -0.964. The molecule has 2 aromatic carbocycles. The van der Waals surface area contributed by atoms with E-state index in [0.29, 0.717) is 12.8 Å². The summed E-state index contributed by atoms with van der Waals surface area (Å²) in [6.45, 7) is 0. The van der Waals surface area contributed by atoms with Crippen molar-refractivity contribution in [2.24, 2.45) is 11.7 Å². The third kappa shape index (κ3) is 5.34. The standard InChI is InChI=1S/C19H21NO3/c20-17(12-15-9-5-2-6-10-15)18(21)13-16(19(22)23)11-14-7-3-1-4-8-14/h1-10,16-17H,11-13,20H2,(H,22,23). The van der Waals surface area contributed by atoms with Crippen LogP contribution in [0.15, 0.2) is 60.7 Å². The van der Waals surface area contributed by atoms with E-state index in [-0.39, 0.29) is 12.2 Å². The number of hydrogen-bond donors (Lipinski definition) is 2. The van der Waals surface area contributed by atoms with Crippen molar-refractivity contribution in [1.82, 2.24) is 0 Å².